The molecule has 8 heteroatoms. The van der Waals surface area contributed by atoms with E-state index in [0.717, 1.165) is 6.42 Å². The molecular weight excluding hydrogens is 346 g/mol. The van der Waals surface area contributed by atoms with Crippen LogP contribution in [-0.4, -0.2) is 72.0 Å². The number of nitrogens with zero attached hydrogens (tertiary/aromatic N) is 2. The first-order valence-corrected chi connectivity index (χ1v) is 8.08. The number of carbonyl (C=O) groups excluding carboxylic acids is 2. The van der Waals surface area contributed by atoms with Gasteiger partial charge in [-0.2, -0.15) is 0 Å². The largest absolute Gasteiger partial charge is 0.480 e. The summed E-state index contributed by atoms with van der Waals surface area (Å²) in [6, 6.07) is 7.65. The van der Waals surface area contributed by atoms with E-state index < -0.39 is 5.97 Å². The average molecular weight is 370 g/mol. The molecule has 0 radical (unpaired) electrons. The summed E-state index contributed by atoms with van der Waals surface area (Å²) in [6.45, 7) is 4.16. The molecule has 0 spiro atoms. The molecule has 25 heavy (non-hydrogen) atoms. The molecule has 138 valence electrons. The van der Waals surface area contributed by atoms with E-state index in [1.54, 1.807) is 4.90 Å². The second-order valence-corrected chi connectivity index (χ2v) is 5.79. The minimum atomic E-state index is -1.06. The first kappa shape index (κ1) is 20.9. The molecule has 2 rings (SSSR count). The monoisotopic (exact) mass is 369 g/mol. The molecule has 0 saturated carbocycles. The van der Waals surface area contributed by atoms with Crippen molar-refractivity contribution in [3.63, 3.8) is 0 Å². The van der Waals surface area contributed by atoms with Crippen LogP contribution in [0.3, 0.4) is 0 Å². The van der Waals surface area contributed by atoms with Gasteiger partial charge in [0.05, 0.1) is 6.54 Å². The third kappa shape index (κ3) is 6.36. The molecule has 1 aliphatic heterocycles. The first-order valence-electron chi connectivity index (χ1n) is 8.08. The second kappa shape index (κ2) is 10.0. The number of carbonyl (C=O) groups is 3. The van der Waals surface area contributed by atoms with Gasteiger partial charge in [0.1, 0.15) is 6.54 Å². The Hall–Kier alpha value is -2.12. The molecular formula is C17H24ClN3O4. The van der Waals surface area contributed by atoms with Crippen LogP contribution in [0.2, 0.25) is 0 Å². The molecule has 1 aromatic rings. The van der Waals surface area contributed by atoms with Crippen molar-refractivity contribution >= 4 is 30.2 Å². The van der Waals surface area contributed by atoms with Crippen molar-refractivity contribution < 1.29 is 19.5 Å². The van der Waals surface area contributed by atoms with Crippen molar-refractivity contribution in [1.82, 2.24) is 15.1 Å². The lowest BCUT2D eigenvalue weighted by Gasteiger charge is -2.34. The van der Waals surface area contributed by atoms with Crippen molar-refractivity contribution in [1.29, 1.82) is 0 Å². The zero-order chi connectivity index (χ0) is 17.5. The summed E-state index contributed by atoms with van der Waals surface area (Å²) in [5.74, 6) is -1.37. The van der Waals surface area contributed by atoms with E-state index in [4.69, 9.17) is 5.11 Å². The molecule has 7 nitrogen and oxygen atoms in total. The van der Waals surface area contributed by atoms with Crippen LogP contribution in [0.5, 0.6) is 0 Å². The summed E-state index contributed by atoms with van der Waals surface area (Å²) < 4.78 is 0. The van der Waals surface area contributed by atoms with Crippen LogP contribution in [-0.2, 0) is 16.0 Å². The fourth-order valence-electron chi connectivity index (χ4n) is 2.61. The van der Waals surface area contributed by atoms with Crippen LogP contribution in [0.25, 0.3) is 0 Å². The Bertz CT molecular complexity index is 598. The van der Waals surface area contributed by atoms with Gasteiger partial charge in [0, 0.05) is 31.7 Å². The Balaban J connectivity index is 0.00000312. The highest BCUT2D eigenvalue weighted by atomic mass is 35.5. The van der Waals surface area contributed by atoms with Crippen LogP contribution >= 0.6 is 12.4 Å². The van der Waals surface area contributed by atoms with Gasteiger partial charge in [0.2, 0.25) is 5.91 Å². The van der Waals surface area contributed by atoms with Crippen LogP contribution in [0, 0.1) is 0 Å². The number of nitrogens with one attached hydrogen (secondary N) is 1. The molecule has 1 aromatic carbocycles. The third-order valence-corrected chi connectivity index (χ3v) is 4.07. The minimum Gasteiger partial charge on any atom is -0.480 e. The maximum Gasteiger partial charge on any atom is 0.322 e. The molecule has 2 amide bonds. The summed E-state index contributed by atoms with van der Waals surface area (Å²) in [5.41, 5.74) is 1.88. The van der Waals surface area contributed by atoms with Gasteiger partial charge in [0.25, 0.3) is 5.91 Å². The number of rotatable bonds is 6. The lowest BCUT2D eigenvalue weighted by molar-refractivity contribution is -0.138. The second-order valence-electron chi connectivity index (χ2n) is 5.79. The smallest absolute Gasteiger partial charge is 0.322 e. The van der Waals surface area contributed by atoms with Crippen molar-refractivity contribution in [2.75, 3.05) is 39.3 Å². The molecule has 2 N–H and O–H groups in total. The Morgan fingerprint density at radius 1 is 1.08 bits per heavy atom. The van der Waals surface area contributed by atoms with Gasteiger partial charge in [-0.05, 0) is 24.1 Å². The fraction of sp³-hybridized carbons (Fsp3) is 0.471. The molecule has 0 unspecified atom stereocenters. The topological polar surface area (TPSA) is 90.0 Å². The van der Waals surface area contributed by atoms with E-state index in [1.165, 1.54) is 5.56 Å². The van der Waals surface area contributed by atoms with Gasteiger partial charge in [-0.3, -0.25) is 19.3 Å². The number of amides is 2. The number of benzene rings is 1. The van der Waals surface area contributed by atoms with E-state index in [9.17, 15) is 14.4 Å². The third-order valence-electron chi connectivity index (χ3n) is 4.07. The van der Waals surface area contributed by atoms with Crippen LogP contribution < -0.4 is 5.32 Å². The molecule has 0 aliphatic carbocycles. The van der Waals surface area contributed by atoms with Crippen LogP contribution in [0.15, 0.2) is 24.3 Å². The van der Waals surface area contributed by atoms with E-state index in [1.807, 2.05) is 29.2 Å². The number of hydrogen-bond donors (Lipinski definition) is 2. The number of aryl methyl sites for hydroxylation is 1. The Morgan fingerprint density at radius 2 is 1.68 bits per heavy atom. The van der Waals surface area contributed by atoms with Gasteiger partial charge in [0.15, 0.2) is 0 Å². The zero-order valence-electron chi connectivity index (χ0n) is 14.2. The summed E-state index contributed by atoms with van der Waals surface area (Å²) in [4.78, 5) is 38.2. The van der Waals surface area contributed by atoms with Gasteiger partial charge < -0.3 is 15.3 Å². The lowest BCUT2D eigenvalue weighted by Crippen LogP contribution is -2.51. The molecule has 1 fully saturated rings. The fourth-order valence-corrected chi connectivity index (χ4v) is 2.61. The number of aliphatic carboxylic acids is 1. The molecule has 0 aromatic heterocycles. The van der Waals surface area contributed by atoms with E-state index in [2.05, 4.69) is 12.2 Å². The van der Waals surface area contributed by atoms with Gasteiger partial charge in [-0.1, -0.05) is 19.1 Å². The van der Waals surface area contributed by atoms with Crippen LogP contribution in [0.1, 0.15) is 22.8 Å². The quantitative estimate of drug-likeness (QED) is 0.767. The number of carboxylic acid groups (broad SMARTS) is 1. The number of hydrogen-bond acceptors (Lipinski definition) is 4. The van der Waals surface area contributed by atoms with E-state index >= 15 is 0 Å². The summed E-state index contributed by atoms with van der Waals surface area (Å²) >= 11 is 0. The number of halogens is 1. The minimum absolute atomic E-state index is 0. The highest BCUT2D eigenvalue weighted by molar-refractivity contribution is 5.94. The molecule has 1 aliphatic rings. The summed E-state index contributed by atoms with van der Waals surface area (Å²) in [5, 5.41) is 10.9. The maximum atomic E-state index is 12.5. The number of carboxylic acids is 1. The summed E-state index contributed by atoms with van der Waals surface area (Å²) in [7, 11) is 0. The maximum absolute atomic E-state index is 12.5. The normalized spacial score (nSPS) is 14.5. The SMILES string of the molecule is CCc1ccc(C(=O)N2CCN(CC(=O)NCC(=O)O)CC2)cc1.Cl. The molecule has 0 bridgehead atoms. The Kier molecular flexibility index (Phi) is 8.37. The predicted molar refractivity (Wildman–Crippen MR) is 96.1 cm³/mol. The predicted octanol–water partition coefficient (Wildman–Crippen LogP) is 0.629. The standard InChI is InChI=1S/C17H23N3O4.ClH/c1-2-13-3-5-14(6-4-13)17(24)20-9-7-19(8-10-20)12-15(21)18-11-16(22)23;/h3-6H,2,7-12H2,1H3,(H,18,21)(H,22,23);1H. The van der Waals surface area contributed by atoms with Gasteiger partial charge in [-0.25, -0.2) is 0 Å². The highest BCUT2D eigenvalue weighted by Crippen LogP contribution is 2.10. The van der Waals surface area contributed by atoms with Crippen LogP contribution in [0.4, 0.5) is 0 Å². The zero-order valence-corrected chi connectivity index (χ0v) is 15.1. The van der Waals surface area contributed by atoms with Crippen molar-refractivity contribution in [2.24, 2.45) is 0 Å². The highest BCUT2D eigenvalue weighted by Gasteiger charge is 2.23. The van der Waals surface area contributed by atoms with Crippen molar-refractivity contribution in [2.45, 2.75) is 13.3 Å². The Labute approximate surface area is 153 Å². The van der Waals surface area contributed by atoms with Crippen molar-refractivity contribution in [3.8, 4) is 0 Å². The lowest BCUT2D eigenvalue weighted by atomic mass is 10.1. The number of piperazine rings is 1. The Morgan fingerprint density at radius 3 is 2.20 bits per heavy atom. The van der Waals surface area contributed by atoms with E-state index in [-0.39, 0.29) is 37.3 Å². The average Bonchev–Trinajstić information content (AvgIpc) is 2.60. The first-order chi connectivity index (χ1) is 11.5. The molecule has 1 heterocycles. The van der Waals surface area contributed by atoms with Gasteiger partial charge in [-0.15, -0.1) is 12.4 Å². The molecule has 0 atom stereocenters. The van der Waals surface area contributed by atoms with E-state index in [0.29, 0.717) is 31.7 Å². The van der Waals surface area contributed by atoms with Crippen molar-refractivity contribution in [3.05, 3.63) is 35.4 Å². The van der Waals surface area contributed by atoms with Gasteiger partial charge >= 0.3 is 5.97 Å². The summed E-state index contributed by atoms with van der Waals surface area (Å²) in [6.07, 6.45) is 0.942. The molecule has 1 saturated heterocycles.